The number of nitrogens with zero attached hydrogens (tertiary/aromatic N) is 4. The van der Waals surface area contributed by atoms with Crippen molar-refractivity contribution in [1.82, 2.24) is 25.4 Å². The summed E-state index contributed by atoms with van der Waals surface area (Å²) in [7, 11) is 1.69. The molecule has 2 aromatic heterocycles. The highest BCUT2D eigenvalue weighted by molar-refractivity contribution is 5.79. The third kappa shape index (κ3) is 5.48. The van der Waals surface area contributed by atoms with Crippen LogP contribution in [0.25, 0.3) is 0 Å². The summed E-state index contributed by atoms with van der Waals surface area (Å²) in [5.41, 5.74) is 3.01. The van der Waals surface area contributed by atoms with Crippen LogP contribution < -0.4 is 15.4 Å². The van der Waals surface area contributed by atoms with Gasteiger partial charge in [-0.25, -0.2) is 4.99 Å². The van der Waals surface area contributed by atoms with Crippen molar-refractivity contribution in [3.05, 3.63) is 41.5 Å². The summed E-state index contributed by atoms with van der Waals surface area (Å²) in [5.74, 6) is 1.68. The lowest BCUT2D eigenvalue weighted by Gasteiger charge is -2.13. The van der Waals surface area contributed by atoms with E-state index < -0.39 is 0 Å². The van der Waals surface area contributed by atoms with Gasteiger partial charge in [-0.05, 0) is 33.3 Å². The molecule has 0 atom stereocenters. The van der Waals surface area contributed by atoms with Crippen LogP contribution >= 0.6 is 0 Å². The second-order valence-corrected chi connectivity index (χ2v) is 5.79. The molecule has 0 amide bonds. The van der Waals surface area contributed by atoms with Crippen LogP contribution in [0, 0.1) is 13.8 Å². The fourth-order valence-electron chi connectivity index (χ4n) is 2.61. The van der Waals surface area contributed by atoms with Gasteiger partial charge in [0.1, 0.15) is 5.75 Å². The number of aromatic nitrogens is 3. The van der Waals surface area contributed by atoms with Crippen LogP contribution in [0.15, 0.2) is 29.6 Å². The van der Waals surface area contributed by atoms with E-state index in [2.05, 4.69) is 32.6 Å². The van der Waals surface area contributed by atoms with Gasteiger partial charge in [-0.1, -0.05) is 0 Å². The van der Waals surface area contributed by atoms with Crippen LogP contribution in [0.5, 0.6) is 5.75 Å². The minimum absolute atomic E-state index is 0.511. The Morgan fingerprint density at radius 3 is 2.84 bits per heavy atom. The molecule has 0 radical (unpaired) electrons. The number of aliphatic imine (C=N–C) groups is 1. The van der Waals surface area contributed by atoms with Gasteiger partial charge in [0.05, 0.1) is 19.3 Å². The van der Waals surface area contributed by atoms with Crippen molar-refractivity contribution in [3.63, 3.8) is 0 Å². The van der Waals surface area contributed by atoms with Crippen LogP contribution in [0.4, 0.5) is 0 Å². The largest absolute Gasteiger partial charge is 0.496 e. The summed E-state index contributed by atoms with van der Waals surface area (Å²) < 4.78 is 7.39. The number of hydrogen-bond acceptors (Lipinski definition) is 4. The van der Waals surface area contributed by atoms with Crippen LogP contribution in [0.2, 0.25) is 0 Å². The van der Waals surface area contributed by atoms with E-state index in [0.717, 1.165) is 54.6 Å². The highest BCUT2D eigenvalue weighted by Crippen LogP contribution is 2.24. The summed E-state index contributed by atoms with van der Waals surface area (Å²) in [6.45, 7) is 9.11. The van der Waals surface area contributed by atoms with E-state index in [1.165, 1.54) is 0 Å². The summed E-state index contributed by atoms with van der Waals surface area (Å²) in [6, 6.07) is 1.93. The average Bonchev–Trinajstić information content (AvgIpc) is 3.11. The molecule has 0 spiro atoms. The number of pyridine rings is 1. The fourth-order valence-corrected chi connectivity index (χ4v) is 2.61. The zero-order chi connectivity index (χ0) is 18.1. The molecule has 0 aliphatic heterocycles. The van der Waals surface area contributed by atoms with Gasteiger partial charge < -0.3 is 15.4 Å². The molecular formula is C18H28N6O. The maximum Gasteiger partial charge on any atom is 0.191 e. The second kappa shape index (κ2) is 9.66. The molecular weight excluding hydrogens is 316 g/mol. The number of hydrogen-bond donors (Lipinski definition) is 2. The van der Waals surface area contributed by atoms with Gasteiger partial charge in [-0.3, -0.25) is 9.67 Å². The predicted molar refractivity (Wildman–Crippen MR) is 99.9 cm³/mol. The summed E-state index contributed by atoms with van der Waals surface area (Å²) in [4.78, 5) is 9.13. The van der Waals surface area contributed by atoms with Gasteiger partial charge in [0.2, 0.25) is 0 Å². The van der Waals surface area contributed by atoms with Crippen LogP contribution in [0.3, 0.4) is 0 Å². The third-order valence-corrected chi connectivity index (χ3v) is 3.90. The number of guanidine groups is 1. The maximum absolute atomic E-state index is 5.46. The maximum atomic E-state index is 5.46. The first-order chi connectivity index (χ1) is 12.2. The van der Waals surface area contributed by atoms with Crippen LogP contribution in [-0.4, -0.2) is 40.9 Å². The molecule has 0 aliphatic carbocycles. The Bertz CT molecular complexity index is 681. The standard InChI is InChI=1S/C18H28N6O/c1-5-19-18(20-8-6-10-24-11-7-9-23-24)22-13-16-15(3)17(25-4)14(2)12-21-16/h7,9,11-12H,5-6,8,10,13H2,1-4H3,(H2,19,20,22). The molecule has 25 heavy (non-hydrogen) atoms. The first kappa shape index (κ1) is 18.8. The molecule has 7 nitrogen and oxygen atoms in total. The molecule has 0 saturated carbocycles. The fraction of sp³-hybridized carbons (Fsp3) is 0.500. The second-order valence-electron chi connectivity index (χ2n) is 5.79. The minimum atomic E-state index is 0.511. The number of ether oxygens (including phenoxy) is 1. The smallest absolute Gasteiger partial charge is 0.191 e. The van der Waals surface area contributed by atoms with Crippen molar-refractivity contribution in [1.29, 1.82) is 0 Å². The summed E-state index contributed by atoms with van der Waals surface area (Å²) in [5, 5.41) is 10.8. The van der Waals surface area contributed by atoms with E-state index in [9.17, 15) is 0 Å². The SMILES string of the molecule is CCNC(=NCc1ncc(C)c(OC)c1C)NCCCn1cccn1. The van der Waals surface area contributed by atoms with Gasteiger partial charge in [-0.15, -0.1) is 0 Å². The van der Waals surface area contributed by atoms with Crippen molar-refractivity contribution >= 4 is 5.96 Å². The van der Waals surface area contributed by atoms with Gasteiger partial charge >= 0.3 is 0 Å². The Kier molecular flexibility index (Phi) is 7.25. The van der Waals surface area contributed by atoms with Crippen molar-refractivity contribution < 1.29 is 4.74 Å². The topological polar surface area (TPSA) is 76.4 Å². The van der Waals surface area contributed by atoms with Crippen molar-refractivity contribution in [2.45, 2.75) is 40.3 Å². The molecule has 0 aromatic carbocycles. The molecule has 0 fully saturated rings. The number of aryl methyl sites for hydroxylation is 2. The molecule has 0 bridgehead atoms. The zero-order valence-electron chi connectivity index (χ0n) is 15.5. The third-order valence-electron chi connectivity index (χ3n) is 3.90. The highest BCUT2D eigenvalue weighted by Gasteiger charge is 2.09. The van der Waals surface area contributed by atoms with Gasteiger partial charge in [0.25, 0.3) is 0 Å². The molecule has 2 heterocycles. The zero-order valence-corrected chi connectivity index (χ0v) is 15.5. The first-order valence-corrected chi connectivity index (χ1v) is 8.64. The molecule has 136 valence electrons. The quantitative estimate of drug-likeness (QED) is 0.435. The van der Waals surface area contributed by atoms with Crippen molar-refractivity contribution in [2.75, 3.05) is 20.2 Å². The van der Waals surface area contributed by atoms with E-state index in [-0.39, 0.29) is 0 Å². The Hall–Kier alpha value is -2.57. The molecule has 7 heteroatoms. The van der Waals surface area contributed by atoms with Crippen molar-refractivity contribution in [2.24, 2.45) is 4.99 Å². The molecule has 2 aromatic rings. The Balaban J connectivity index is 1.92. The normalized spacial score (nSPS) is 11.4. The number of rotatable bonds is 8. The van der Waals surface area contributed by atoms with Gasteiger partial charge in [0.15, 0.2) is 5.96 Å². The molecule has 2 rings (SSSR count). The lowest BCUT2D eigenvalue weighted by molar-refractivity contribution is 0.407. The van der Waals surface area contributed by atoms with Crippen LogP contribution in [0.1, 0.15) is 30.2 Å². The monoisotopic (exact) mass is 344 g/mol. The Morgan fingerprint density at radius 2 is 2.16 bits per heavy atom. The highest BCUT2D eigenvalue weighted by atomic mass is 16.5. The van der Waals surface area contributed by atoms with Crippen LogP contribution in [-0.2, 0) is 13.1 Å². The van der Waals surface area contributed by atoms with Gasteiger partial charge in [0, 0.05) is 49.4 Å². The molecule has 2 N–H and O–H groups in total. The summed E-state index contributed by atoms with van der Waals surface area (Å²) in [6.07, 6.45) is 6.57. The molecule has 0 aliphatic rings. The van der Waals surface area contributed by atoms with E-state index in [1.54, 1.807) is 13.3 Å². The number of methoxy groups -OCH3 is 1. The van der Waals surface area contributed by atoms with E-state index in [0.29, 0.717) is 6.54 Å². The van der Waals surface area contributed by atoms with E-state index >= 15 is 0 Å². The average molecular weight is 344 g/mol. The minimum Gasteiger partial charge on any atom is -0.496 e. The molecule has 0 saturated heterocycles. The number of nitrogens with one attached hydrogen (secondary N) is 2. The Morgan fingerprint density at radius 1 is 1.32 bits per heavy atom. The first-order valence-electron chi connectivity index (χ1n) is 8.64. The molecule has 0 unspecified atom stereocenters. The van der Waals surface area contributed by atoms with E-state index in [4.69, 9.17) is 4.74 Å². The van der Waals surface area contributed by atoms with E-state index in [1.807, 2.05) is 37.0 Å². The lowest BCUT2D eigenvalue weighted by Crippen LogP contribution is -2.38. The predicted octanol–water partition coefficient (Wildman–Crippen LogP) is 2.05. The van der Waals surface area contributed by atoms with Gasteiger partial charge in [-0.2, -0.15) is 5.10 Å². The Labute approximate surface area is 149 Å². The summed E-state index contributed by atoms with van der Waals surface area (Å²) >= 11 is 0. The lowest BCUT2D eigenvalue weighted by atomic mass is 10.1. The van der Waals surface area contributed by atoms with Crippen molar-refractivity contribution in [3.8, 4) is 5.75 Å².